The molecular weight excluding hydrogens is 304 g/mol. The van der Waals surface area contributed by atoms with Gasteiger partial charge in [0, 0.05) is 35.8 Å². The first-order chi connectivity index (χ1) is 9.04. The van der Waals surface area contributed by atoms with Crippen molar-refractivity contribution in [3.8, 4) is 0 Å². The summed E-state index contributed by atoms with van der Waals surface area (Å²) >= 11 is 3.50. The van der Waals surface area contributed by atoms with Gasteiger partial charge in [-0.2, -0.15) is 0 Å². The maximum absolute atomic E-state index is 7.78. The highest BCUT2D eigenvalue weighted by atomic mass is 79.9. The van der Waals surface area contributed by atoms with Crippen LogP contribution in [0.2, 0.25) is 0 Å². The van der Waals surface area contributed by atoms with Crippen molar-refractivity contribution >= 4 is 27.5 Å². The van der Waals surface area contributed by atoms with Crippen LogP contribution in [-0.4, -0.2) is 43.5 Å². The Kier molecular flexibility index (Phi) is 4.47. The summed E-state index contributed by atoms with van der Waals surface area (Å²) in [5.41, 5.74) is 7.60. The fraction of sp³-hybridized carbons (Fsp3) is 0.500. The molecule has 4 nitrogen and oxygen atoms in total. The van der Waals surface area contributed by atoms with E-state index in [9.17, 15) is 0 Å². The Morgan fingerprint density at radius 3 is 2.84 bits per heavy atom. The fourth-order valence-electron chi connectivity index (χ4n) is 2.65. The first-order valence-electron chi connectivity index (χ1n) is 6.62. The molecule has 5 heteroatoms. The van der Waals surface area contributed by atoms with Gasteiger partial charge in [-0.3, -0.25) is 10.3 Å². The van der Waals surface area contributed by atoms with Crippen LogP contribution in [0, 0.1) is 5.41 Å². The Labute approximate surface area is 123 Å². The molecule has 0 spiro atoms. The molecule has 1 aliphatic rings. The molecule has 1 aliphatic heterocycles. The van der Waals surface area contributed by atoms with Gasteiger partial charge in [0.2, 0.25) is 0 Å². The van der Waals surface area contributed by atoms with E-state index in [1.165, 1.54) is 0 Å². The molecule has 1 saturated heterocycles. The maximum Gasteiger partial charge on any atom is 0.126 e. The van der Waals surface area contributed by atoms with Crippen LogP contribution in [0.4, 0.5) is 5.69 Å². The molecule has 0 amide bonds. The van der Waals surface area contributed by atoms with E-state index in [4.69, 9.17) is 11.1 Å². The lowest BCUT2D eigenvalue weighted by Gasteiger charge is -2.41. The molecule has 19 heavy (non-hydrogen) atoms. The topological polar surface area (TPSA) is 56.4 Å². The van der Waals surface area contributed by atoms with Crippen LogP contribution < -0.4 is 10.6 Å². The highest BCUT2D eigenvalue weighted by molar-refractivity contribution is 9.10. The van der Waals surface area contributed by atoms with Crippen LogP contribution >= 0.6 is 15.9 Å². The van der Waals surface area contributed by atoms with Crippen molar-refractivity contribution in [3.63, 3.8) is 0 Å². The molecule has 0 saturated carbocycles. The summed E-state index contributed by atoms with van der Waals surface area (Å²) in [5, 5.41) is 7.78. The summed E-state index contributed by atoms with van der Waals surface area (Å²) in [4.78, 5) is 4.75. The number of anilines is 1. The van der Waals surface area contributed by atoms with Crippen LogP contribution in [0.25, 0.3) is 0 Å². The Morgan fingerprint density at radius 1 is 1.47 bits per heavy atom. The van der Waals surface area contributed by atoms with Gasteiger partial charge in [0.1, 0.15) is 5.84 Å². The van der Waals surface area contributed by atoms with Crippen molar-refractivity contribution in [1.82, 2.24) is 4.90 Å². The van der Waals surface area contributed by atoms with Gasteiger partial charge < -0.3 is 10.6 Å². The zero-order valence-corrected chi connectivity index (χ0v) is 13.1. The van der Waals surface area contributed by atoms with Crippen LogP contribution in [0.15, 0.2) is 22.7 Å². The van der Waals surface area contributed by atoms with E-state index in [1.807, 2.05) is 12.1 Å². The van der Waals surface area contributed by atoms with E-state index in [2.05, 4.69) is 45.8 Å². The number of piperazine rings is 1. The number of nitrogens with zero attached hydrogens (tertiary/aromatic N) is 2. The Bertz CT molecular complexity index is 475. The predicted octanol–water partition coefficient (Wildman–Crippen LogP) is 2.26. The Hall–Kier alpha value is -1.07. The largest absolute Gasteiger partial charge is 0.384 e. The van der Waals surface area contributed by atoms with Gasteiger partial charge in [-0.05, 0) is 41.5 Å². The molecule has 0 aliphatic carbocycles. The third-order valence-electron chi connectivity index (χ3n) is 3.85. The molecule has 3 N–H and O–H groups in total. The zero-order valence-electron chi connectivity index (χ0n) is 11.5. The van der Waals surface area contributed by atoms with E-state index in [-0.39, 0.29) is 5.84 Å². The minimum atomic E-state index is 0.120. The van der Waals surface area contributed by atoms with Gasteiger partial charge >= 0.3 is 0 Å². The van der Waals surface area contributed by atoms with Gasteiger partial charge in [-0.25, -0.2) is 0 Å². The number of benzene rings is 1. The molecule has 1 unspecified atom stereocenters. The van der Waals surface area contributed by atoms with Crippen LogP contribution in [-0.2, 0) is 0 Å². The highest BCUT2D eigenvalue weighted by Gasteiger charge is 2.25. The number of hydrogen-bond acceptors (Lipinski definition) is 3. The smallest absolute Gasteiger partial charge is 0.126 e. The van der Waals surface area contributed by atoms with Crippen molar-refractivity contribution in [1.29, 1.82) is 5.41 Å². The van der Waals surface area contributed by atoms with Crippen molar-refractivity contribution in [3.05, 3.63) is 28.2 Å². The second-order valence-electron chi connectivity index (χ2n) is 5.04. The van der Waals surface area contributed by atoms with E-state index in [0.717, 1.165) is 41.8 Å². The van der Waals surface area contributed by atoms with E-state index < -0.39 is 0 Å². The van der Waals surface area contributed by atoms with Crippen LogP contribution in [0.5, 0.6) is 0 Å². The number of nitrogen functional groups attached to an aromatic ring is 1. The van der Waals surface area contributed by atoms with E-state index >= 15 is 0 Å². The number of halogens is 1. The predicted molar refractivity (Wildman–Crippen MR) is 84.1 cm³/mol. The monoisotopic (exact) mass is 324 g/mol. The number of amidine groups is 1. The van der Waals surface area contributed by atoms with Gasteiger partial charge in [0.15, 0.2) is 0 Å². The molecule has 0 radical (unpaired) electrons. The lowest BCUT2D eigenvalue weighted by Crippen LogP contribution is -2.51. The third-order valence-corrected chi connectivity index (χ3v) is 4.51. The van der Waals surface area contributed by atoms with Gasteiger partial charge in [0.05, 0.1) is 5.56 Å². The summed E-state index contributed by atoms with van der Waals surface area (Å²) in [6, 6.07) is 6.56. The van der Waals surface area contributed by atoms with Crippen molar-refractivity contribution in [2.75, 3.05) is 31.6 Å². The zero-order chi connectivity index (χ0) is 14.0. The van der Waals surface area contributed by atoms with Crippen molar-refractivity contribution in [2.24, 2.45) is 5.73 Å². The third kappa shape index (κ3) is 2.92. The second-order valence-corrected chi connectivity index (χ2v) is 5.89. The highest BCUT2D eigenvalue weighted by Crippen LogP contribution is 2.29. The first-order valence-corrected chi connectivity index (χ1v) is 7.42. The number of rotatable bonds is 3. The molecule has 1 atom stereocenters. The standard InChI is InChI=1S/C14H21BrN4/c1-3-10-9-19(8-7-18(10)2)12-6-4-5-11(15)13(12)14(16)17/h4-6,10H,3,7-9H2,1-2H3,(H3,16,17). The lowest BCUT2D eigenvalue weighted by atomic mass is 10.1. The van der Waals surface area contributed by atoms with Crippen LogP contribution in [0.1, 0.15) is 18.9 Å². The molecule has 0 aromatic heterocycles. The summed E-state index contributed by atoms with van der Waals surface area (Å²) in [6.45, 7) is 5.23. The molecule has 1 fully saturated rings. The average Bonchev–Trinajstić information content (AvgIpc) is 2.38. The normalized spacial score (nSPS) is 20.6. The lowest BCUT2D eigenvalue weighted by molar-refractivity contribution is 0.213. The molecule has 104 valence electrons. The van der Waals surface area contributed by atoms with Gasteiger partial charge in [0.25, 0.3) is 0 Å². The Morgan fingerprint density at radius 2 is 2.21 bits per heavy atom. The summed E-state index contributed by atoms with van der Waals surface area (Å²) in [5.74, 6) is 0.120. The first kappa shape index (κ1) is 14.3. The molecule has 0 bridgehead atoms. The maximum atomic E-state index is 7.78. The summed E-state index contributed by atoms with van der Waals surface area (Å²) < 4.78 is 0.893. The van der Waals surface area contributed by atoms with E-state index in [0.29, 0.717) is 6.04 Å². The molecule has 2 rings (SSSR count). The van der Waals surface area contributed by atoms with Crippen LogP contribution in [0.3, 0.4) is 0 Å². The quantitative estimate of drug-likeness (QED) is 0.662. The minimum Gasteiger partial charge on any atom is -0.384 e. The molecular formula is C14H21BrN4. The summed E-state index contributed by atoms with van der Waals surface area (Å²) in [6.07, 6.45) is 1.14. The SMILES string of the molecule is CCC1CN(c2cccc(Br)c2C(=N)N)CCN1C. The molecule has 1 heterocycles. The Balaban J connectivity index is 2.32. The molecule has 1 aromatic rings. The minimum absolute atomic E-state index is 0.120. The fourth-order valence-corrected chi connectivity index (χ4v) is 3.22. The number of likely N-dealkylation sites (N-methyl/N-ethyl adjacent to an activating group) is 1. The van der Waals surface area contributed by atoms with Gasteiger partial charge in [-0.1, -0.05) is 13.0 Å². The molecule has 1 aromatic carbocycles. The van der Waals surface area contributed by atoms with Gasteiger partial charge in [-0.15, -0.1) is 0 Å². The number of hydrogen-bond donors (Lipinski definition) is 2. The second kappa shape index (κ2) is 5.92. The van der Waals surface area contributed by atoms with Crippen molar-refractivity contribution < 1.29 is 0 Å². The number of nitrogens with two attached hydrogens (primary N) is 1. The number of nitrogens with one attached hydrogen (secondary N) is 1. The van der Waals surface area contributed by atoms with E-state index in [1.54, 1.807) is 0 Å². The summed E-state index contributed by atoms with van der Waals surface area (Å²) in [7, 11) is 2.18. The van der Waals surface area contributed by atoms with Crippen molar-refractivity contribution in [2.45, 2.75) is 19.4 Å². The average molecular weight is 325 g/mol.